The molecule has 0 saturated carbocycles. The van der Waals surface area contributed by atoms with Crippen molar-refractivity contribution < 1.29 is 4.79 Å². The number of hydrogen-bond acceptors (Lipinski definition) is 4. The minimum atomic E-state index is 0.141. The lowest BCUT2D eigenvalue weighted by atomic mass is 9.99. The highest BCUT2D eigenvalue weighted by Gasteiger charge is 2.19. The molecule has 0 aliphatic carbocycles. The quantitative estimate of drug-likeness (QED) is 0.884. The van der Waals surface area contributed by atoms with Crippen LogP contribution in [0, 0.1) is 5.92 Å². The number of anilines is 1. The van der Waals surface area contributed by atoms with Crippen molar-refractivity contribution >= 4 is 11.6 Å². The molecule has 0 bridgehead atoms. The molecule has 1 N–H and O–H groups in total. The second kappa shape index (κ2) is 8.68. The van der Waals surface area contributed by atoms with E-state index in [1.54, 1.807) is 0 Å². The molecule has 138 valence electrons. The molecule has 0 atom stereocenters. The zero-order valence-corrected chi connectivity index (χ0v) is 15.7. The van der Waals surface area contributed by atoms with Crippen molar-refractivity contribution in [3.8, 4) is 0 Å². The van der Waals surface area contributed by atoms with Crippen LogP contribution in [0.5, 0.6) is 0 Å². The Morgan fingerprint density at radius 2 is 1.76 bits per heavy atom. The molecule has 2 heterocycles. The van der Waals surface area contributed by atoms with Crippen LogP contribution in [-0.2, 0) is 11.3 Å². The molecular formula is C20H32N4O. The monoisotopic (exact) mass is 344 g/mol. The van der Waals surface area contributed by atoms with Gasteiger partial charge in [-0.05, 0) is 50.5 Å². The predicted molar refractivity (Wildman–Crippen MR) is 103 cm³/mol. The van der Waals surface area contributed by atoms with Crippen LogP contribution in [0.3, 0.4) is 0 Å². The standard InChI is InChI=1S/C20H32N4O/c1-17-7-9-23(10-8-17)16-20(25)21-15-18-5-3-4-6-19(18)24-13-11-22(2)12-14-24/h3-6,17H,7-16H2,1-2H3,(H,21,25). The summed E-state index contributed by atoms with van der Waals surface area (Å²) in [5.41, 5.74) is 2.48. The van der Waals surface area contributed by atoms with E-state index in [1.165, 1.54) is 24.1 Å². The maximum atomic E-state index is 12.3. The molecule has 0 radical (unpaired) electrons. The highest BCUT2D eigenvalue weighted by molar-refractivity contribution is 5.78. The zero-order chi connectivity index (χ0) is 17.6. The lowest BCUT2D eigenvalue weighted by Gasteiger charge is -2.35. The van der Waals surface area contributed by atoms with Gasteiger partial charge in [0.15, 0.2) is 0 Å². The summed E-state index contributed by atoms with van der Waals surface area (Å²) in [6.45, 7) is 9.82. The Hall–Kier alpha value is -1.59. The van der Waals surface area contributed by atoms with Crippen molar-refractivity contribution in [2.45, 2.75) is 26.3 Å². The summed E-state index contributed by atoms with van der Waals surface area (Å²) >= 11 is 0. The molecule has 3 rings (SSSR count). The molecule has 1 aromatic carbocycles. The molecule has 2 aliphatic heterocycles. The fourth-order valence-corrected chi connectivity index (χ4v) is 3.69. The molecule has 2 fully saturated rings. The van der Waals surface area contributed by atoms with E-state index in [-0.39, 0.29) is 5.91 Å². The van der Waals surface area contributed by atoms with E-state index in [1.807, 2.05) is 0 Å². The number of nitrogens with zero attached hydrogens (tertiary/aromatic N) is 3. The Bertz CT molecular complexity index is 561. The molecule has 25 heavy (non-hydrogen) atoms. The number of rotatable bonds is 5. The van der Waals surface area contributed by atoms with Gasteiger partial charge in [-0.3, -0.25) is 9.69 Å². The number of carbonyl (C=O) groups is 1. The zero-order valence-electron chi connectivity index (χ0n) is 15.7. The van der Waals surface area contributed by atoms with Crippen molar-refractivity contribution in [1.82, 2.24) is 15.1 Å². The Labute approximate surface area is 152 Å². The van der Waals surface area contributed by atoms with Gasteiger partial charge in [0.25, 0.3) is 0 Å². The van der Waals surface area contributed by atoms with Crippen LogP contribution in [0.4, 0.5) is 5.69 Å². The Balaban J connectivity index is 1.52. The number of piperazine rings is 1. The number of hydrogen-bond donors (Lipinski definition) is 1. The number of nitrogens with one attached hydrogen (secondary N) is 1. The summed E-state index contributed by atoms with van der Waals surface area (Å²) < 4.78 is 0. The van der Waals surface area contributed by atoms with Gasteiger partial charge in [0.2, 0.25) is 5.91 Å². The highest BCUT2D eigenvalue weighted by atomic mass is 16.2. The highest BCUT2D eigenvalue weighted by Crippen LogP contribution is 2.21. The Morgan fingerprint density at radius 1 is 1.08 bits per heavy atom. The predicted octanol–water partition coefficient (Wildman–Crippen LogP) is 1.79. The second-order valence-electron chi connectivity index (χ2n) is 7.65. The lowest BCUT2D eigenvalue weighted by Crippen LogP contribution is -2.45. The van der Waals surface area contributed by atoms with Gasteiger partial charge in [-0.15, -0.1) is 0 Å². The van der Waals surface area contributed by atoms with Crippen LogP contribution in [0.2, 0.25) is 0 Å². The van der Waals surface area contributed by atoms with Crippen molar-refractivity contribution in [2.75, 3.05) is 57.8 Å². The van der Waals surface area contributed by atoms with E-state index in [9.17, 15) is 4.79 Å². The molecule has 0 spiro atoms. The summed E-state index contributed by atoms with van der Waals surface area (Å²) in [5.74, 6) is 0.942. The molecule has 0 unspecified atom stereocenters. The van der Waals surface area contributed by atoms with E-state index >= 15 is 0 Å². The molecular weight excluding hydrogens is 312 g/mol. The molecule has 1 amide bonds. The molecule has 1 aromatic rings. The maximum absolute atomic E-state index is 12.3. The van der Waals surface area contributed by atoms with E-state index in [2.05, 4.69) is 58.3 Å². The fourth-order valence-electron chi connectivity index (χ4n) is 3.69. The molecule has 2 aliphatic rings. The maximum Gasteiger partial charge on any atom is 0.234 e. The number of amides is 1. The van der Waals surface area contributed by atoms with E-state index < -0.39 is 0 Å². The largest absolute Gasteiger partial charge is 0.369 e. The second-order valence-corrected chi connectivity index (χ2v) is 7.65. The van der Waals surface area contributed by atoms with Crippen molar-refractivity contribution in [2.24, 2.45) is 5.92 Å². The van der Waals surface area contributed by atoms with Gasteiger partial charge < -0.3 is 15.1 Å². The van der Waals surface area contributed by atoms with Gasteiger partial charge in [0.1, 0.15) is 0 Å². The first-order chi connectivity index (χ1) is 12.1. The van der Waals surface area contributed by atoms with Crippen molar-refractivity contribution in [1.29, 1.82) is 0 Å². The summed E-state index contributed by atoms with van der Waals surface area (Å²) in [6.07, 6.45) is 2.42. The summed E-state index contributed by atoms with van der Waals surface area (Å²) in [5, 5.41) is 3.13. The van der Waals surface area contributed by atoms with Gasteiger partial charge in [-0.2, -0.15) is 0 Å². The van der Waals surface area contributed by atoms with Gasteiger partial charge in [0, 0.05) is 38.4 Å². The van der Waals surface area contributed by atoms with E-state index in [0.717, 1.165) is 45.2 Å². The van der Waals surface area contributed by atoms with Gasteiger partial charge in [-0.25, -0.2) is 0 Å². The number of likely N-dealkylation sites (tertiary alicyclic amines) is 1. The number of likely N-dealkylation sites (N-methyl/N-ethyl adjacent to an activating group) is 1. The molecule has 5 nitrogen and oxygen atoms in total. The Kier molecular flexibility index (Phi) is 6.32. The third-order valence-corrected chi connectivity index (χ3v) is 5.56. The minimum absolute atomic E-state index is 0.141. The molecule has 2 saturated heterocycles. The van der Waals surface area contributed by atoms with Crippen LogP contribution in [-0.4, -0.2) is 68.6 Å². The van der Waals surface area contributed by atoms with E-state index in [0.29, 0.717) is 13.1 Å². The van der Waals surface area contributed by atoms with Crippen LogP contribution in [0.25, 0.3) is 0 Å². The van der Waals surface area contributed by atoms with Crippen molar-refractivity contribution in [3.63, 3.8) is 0 Å². The SMILES string of the molecule is CC1CCN(CC(=O)NCc2ccccc2N2CCN(C)CC2)CC1. The third kappa shape index (κ3) is 5.19. The van der Waals surface area contributed by atoms with Gasteiger partial charge >= 0.3 is 0 Å². The minimum Gasteiger partial charge on any atom is -0.369 e. The lowest BCUT2D eigenvalue weighted by molar-refractivity contribution is -0.122. The first-order valence-electron chi connectivity index (χ1n) is 9.62. The number of para-hydroxylation sites is 1. The van der Waals surface area contributed by atoms with Crippen LogP contribution in [0.1, 0.15) is 25.3 Å². The third-order valence-electron chi connectivity index (χ3n) is 5.56. The van der Waals surface area contributed by atoms with Gasteiger partial charge in [-0.1, -0.05) is 25.1 Å². The summed E-state index contributed by atoms with van der Waals surface area (Å²) in [4.78, 5) is 19.4. The van der Waals surface area contributed by atoms with E-state index in [4.69, 9.17) is 0 Å². The summed E-state index contributed by atoms with van der Waals surface area (Å²) in [6, 6.07) is 8.47. The first-order valence-corrected chi connectivity index (χ1v) is 9.62. The average molecular weight is 345 g/mol. The smallest absolute Gasteiger partial charge is 0.234 e. The Morgan fingerprint density at radius 3 is 2.48 bits per heavy atom. The van der Waals surface area contributed by atoms with Crippen LogP contribution < -0.4 is 10.2 Å². The number of benzene rings is 1. The average Bonchev–Trinajstić information content (AvgIpc) is 2.63. The first kappa shape index (κ1) is 18.2. The van der Waals surface area contributed by atoms with Crippen molar-refractivity contribution in [3.05, 3.63) is 29.8 Å². The normalized spacial score (nSPS) is 20.6. The summed E-state index contributed by atoms with van der Waals surface area (Å²) in [7, 11) is 2.17. The fraction of sp³-hybridized carbons (Fsp3) is 0.650. The molecule has 5 heteroatoms. The number of piperidine rings is 1. The molecule has 0 aromatic heterocycles. The number of carbonyl (C=O) groups excluding carboxylic acids is 1. The topological polar surface area (TPSA) is 38.8 Å². The van der Waals surface area contributed by atoms with Crippen LogP contribution >= 0.6 is 0 Å². The van der Waals surface area contributed by atoms with Gasteiger partial charge in [0.05, 0.1) is 6.54 Å². The van der Waals surface area contributed by atoms with Crippen LogP contribution in [0.15, 0.2) is 24.3 Å².